The Hall–Kier alpha value is -1.17. The lowest BCUT2D eigenvalue weighted by atomic mass is 10.1. The molecule has 0 aromatic heterocycles. The molecule has 0 radical (unpaired) electrons. The van der Waals surface area contributed by atoms with Gasteiger partial charge in [-0.2, -0.15) is 0 Å². The SMILES string of the molecule is CC(C)C1CN=C(Nc2cc(F)c(F)cc2F)S1. The van der Waals surface area contributed by atoms with Gasteiger partial charge in [0.2, 0.25) is 0 Å². The molecule has 2 rings (SSSR count). The van der Waals surface area contributed by atoms with Gasteiger partial charge in [0.1, 0.15) is 5.82 Å². The fraction of sp³-hybridized carbons (Fsp3) is 0.417. The first-order valence-electron chi connectivity index (χ1n) is 5.60. The summed E-state index contributed by atoms with van der Waals surface area (Å²) in [6.45, 7) is 4.80. The lowest BCUT2D eigenvalue weighted by Crippen LogP contribution is -2.13. The minimum Gasteiger partial charge on any atom is -0.332 e. The third-order valence-corrected chi connectivity index (χ3v) is 4.12. The zero-order valence-corrected chi connectivity index (χ0v) is 10.8. The second-order valence-electron chi connectivity index (χ2n) is 4.42. The Balaban J connectivity index is 2.09. The van der Waals surface area contributed by atoms with E-state index >= 15 is 0 Å². The van der Waals surface area contributed by atoms with E-state index in [9.17, 15) is 13.2 Å². The summed E-state index contributed by atoms with van der Waals surface area (Å²) in [6.07, 6.45) is 0. The molecule has 1 aromatic carbocycles. The lowest BCUT2D eigenvalue weighted by molar-refractivity contribution is 0.496. The van der Waals surface area contributed by atoms with E-state index in [0.717, 1.165) is 6.07 Å². The Morgan fingerprint density at radius 2 is 1.89 bits per heavy atom. The van der Waals surface area contributed by atoms with Crippen molar-refractivity contribution in [2.45, 2.75) is 19.1 Å². The Kier molecular flexibility index (Phi) is 3.85. The third kappa shape index (κ3) is 2.80. The molecule has 1 aliphatic rings. The molecule has 1 heterocycles. The van der Waals surface area contributed by atoms with Gasteiger partial charge < -0.3 is 5.32 Å². The van der Waals surface area contributed by atoms with E-state index in [4.69, 9.17) is 0 Å². The number of rotatable bonds is 2. The largest absolute Gasteiger partial charge is 0.332 e. The first kappa shape index (κ1) is 13.3. The number of halogens is 3. The highest BCUT2D eigenvalue weighted by Crippen LogP contribution is 2.28. The fourth-order valence-electron chi connectivity index (χ4n) is 1.54. The van der Waals surface area contributed by atoms with E-state index in [0.29, 0.717) is 28.9 Å². The molecule has 1 aliphatic heterocycles. The fourth-order valence-corrected chi connectivity index (χ4v) is 2.57. The van der Waals surface area contributed by atoms with Gasteiger partial charge in [-0.25, -0.2) is 13.2 Å². The van der Waals surface area contributed by atoms with Crippen LogP contribution in [0.1, 0.15) is 13.8 Å². The Morgan fingerprint density at radius 1 is 1.22 bits per heavy atom. The molecule has 6 heteroatoms. The topological polar surface area (TPSA) is 24.4 Å². The molecular formula is C12H13F3N2S. The van der Waals surface area contributed by atoms with Crippen LogP contribution in [0.2, 0.25) is 0 Å². The number of aliphatic imine (C=N–C) groups is 1. The molecule has 0 aliphatic carbocycles. The van der Waals surface area contributed by atoms with E-state index in [1.54, 1.807) is 0 Å². The van der Waals surface area contributed by atoms with Crippen molar-refractivity contribution >= 4 is 22.6 Å². The summed E-state index contributed by atoms with van der Waals surface area (Å²) in [5.41, 5.74) is -0.0930. The predicted octanol–water partition coefficient (Wildman–Crippen LogP) is 3.64. The molecule has 0 saturated heterocycles. The smallest absolute Gasteiger partial charge is 0.161 e. The molecule has 0 spiro atoms. The maximum Gasteiger partial charge on any atom is 0.161 e. The average Bonchev–Trinajstić information content (AvgIpc) is 2.74. The van der Waals surface area contributed by atoms with Crippen molar-refractivity contribution in [3.8, 4) is 0 Å². The van der Waals surface area contributed by atoms with E-state index in [-0.39, 0.29) is 5.69 Å². The lowest BCUT2D eigenvalue weighted by Gasteiger charge is -2.12. The number of amidine groups is 1. The summed E-state index contributed by atoms with van der Waals surface area (Å²) < 4.78 is 39.2. The molecule has 0 amide bonds. The van der Waals surface area contributed by atoms with Gasteiger partial charge >= 0.3 is 0 Å². The van der Waals surface area contributed by atoms with E-state index in [1.807, 2.05) is 0 Å². The van der Waals surface area contributed by atoms with Crippen molar-refractivity contribution < 1.29 is 13.2 Å². The molecule has 0 saturated carbocycles. The highest BCUT2D eigenvalue weighted by atomic mass is 32.2. The zero-order valence-electron chi connectivity index (χ0n) is 10.0. The maximum absolute atomic E-state index is 13.4. The number of nitrogens with one attached hydrogen (secondary N) is 1. The number of anilines is 1. The molecule has 1 N–H and O–H groups in total. The van der Waals surface area contributed by atoms with Gasteiger partial charge in [0, 0.05) is 17.4 Å². The molecule has 1 aromatic rings. The normalized spacial score (nSPS) is 19.2. The van der Waals surface area contributed by atoms with Crippen LogP contribution in [0.15, 0.2) is 17.1 Å². The standard InChI is InChI=1S/C12H13F3N2S/c1-6(2)11-5-16-12(18-11)17-10-4-8(14)7(13)3-9(10)15/h3-4,6,11H,5H2,1-2H3,(H,16,17). The van der Waals surface area contributed by atoms with E-state index in [2.05, 4.69) is 24.2 Å². The minimum absolute atomic E-state index is 0.0930. The van der Waals surface area contributed by atoms with Crippen molar-refractivity contribution in [3.63, 3.8) is 0 Å². The third-order valence-electron chi connectivity index (χ3n) is 2.67. The van der Waals surface area contributed by atoms with Crippen molar-refractivity contribution in [1.82, 2.24) is 0 Å². The summed E-state index contributed by atoms with van der Waals surface area (Å²) in [5, 5.41) is 3.57. The molecule has 18 heavy (non-hydrogen) atoms. The Labute approximate surface area is 108 Å². The van der Waals surface area contributed by atoms with Gasteiger partial charge in [0.05, 0.1) is 12.2 Å². The number of benzene rings is 1. The van der Waals surface area contributed by atoms with E-state index in [1.165, 1.54) is 11.8 Å². The van der Waals surface area contributed by atoms with Crippen LogP contribution in [0.4, 0.5) is 18.9 Å². The van der Waals surface area contributed by atoms with Crippen LogP contribution in [-0.2, 0) is 0 Å². The van der Waals surface area contributed by atoms with Gasteiger partial charge in [-0.15, -0.1) is 0 Å². The van der Waals surface area contributed by atoms with Crippen LogP contribution in [0.3, 0.4) is 0 Å². The van der Waals surface area contributed by atoms with Crippen molar-refractivity contribution in [2.24, 2.45) is 10.9 Å². The highest BCUT2D eigenvalue weighted by molar-refractivity contribution is 8.15. The first-order chi connectivity index (χ1) is 8.47. The summed E-state index contributed by atoms with van der Waals surface area (Å²) in [5.74, 6) is -2.65. The molecular weight excluding hydrogens is 261 g/mol. The van der Waals surface area contributed by atoms with E-state index < -0.39 is 17.5 Å². The van der Waals surface area contributed by atoms with Crippen LogP contribution >= 0.6 is 11.8 Å². The molecule has 1 atom stereocenters. The number of nitrogens with zero attached hydrogens (tertiary/aromatic N) is 1. The summed E-state index contributed by atoms with van der Waals surface area (Å²) in [7, 11) is 0. The molecule has 1 unspecified atom stereocenters. The molecule has 98 valence electrons. The first-order valence-corrected chi connectivity index (χ1v) is 6.48. The van der Waals surface area contributed by atoms with Gasteiger partial charge in [0.15, 0.2) is 16.8 Å². The van der Waals surface area contributed by atoms with Crippen LogP contribution in [0.5, 0.6) is 0 Å². The number of thioether (sulfide) groups is 1. The second-order valence-corrected chi connectivity index (χ2v) is 5.65. The highest BCUT2D eigenvalue weighted by Gasteiger charge is 2.23. The Bertz CT molecular complexity index is 488. The van der Waals surface area contributed by atoms with Gasteiger partial charge in [0.25, 0.3) is 0 Å². The van der Waals surface area contributed by atoms with Crippen LogP contribution in [0.25, 0.3) is 0 Å². The monoisotopic (exact) mass is 274 g/mol. The predicted molar refractivity (Wildman–Crippen MR) is 68.5 cm³/mol. The second kappa shape index (κ2) is 5.22. The van der Waals surface area contributed by atoms with Crippen molar-refractivity contribution in [3.05, 3.63) is 29.6 Å². The quantitative estimate of drug-likeness (QED) is 0.833. The summed E-state index contributed by atoms with van der Waals surface area (Å²) in [6, 6.07) is 1.33. The van der Waals surface area contributed by atoms with Crippen molar-refractivity contribution in [2.75, 3.05) is 11.9 Å². The van der Waals surface area contributed by atoms with Gasteiger partial charge in [-0.05, 0) is 5.92 Å². The molecule has 0 fully saturated rings. The van der Waals surface area contributed by atoms with Crippen LogP contribution < -0.4 is 5.32 Å². The van der Waals surface area contributed by atoms with Crippen LogP contribution in [0, 0.1) is 23.4 Å². The van der Waals surface area contributed by atoms with Crippen molar-refractivity contribution in [1.29, 1.82) is 0 Å². The number of hydrogen-bond acceptors (Lipinski definition) is 3. The van der Waals surface area contributed by atoms with Gasteiger partial charge in [-0.1, -0.05) is 25.6 Å². The Morgan fingerprint density at radius 3 is 2.50 bits per heavy atom. The molecule has 2 nitrogen and oxygen atoms in total. The molecule has 0 bridgehead atoms. The summed E-state index contributed by atoms with van der Waals surface area (Å²) >= 11 is 1.49. The minimum atomic E-state index is -1.20. The maximum atomic E-state index is 13.4. The summed E-state index contributed by atoms with van der Waals surface area (Å²) in [4.78, 5) is 4.21. The van der Waals surface area contributed by atoms with Gasteiger partial charge in [-0.3, -0.25) is 4.99 Å². The average molecular weight is 274 g/mol. The number of hydrogen-bond donors (Lipinski definition) is 1. The zero-order chi connectivity index (χ0) is 13.3. The van der Waals surface area contributed by atoms with Crippen LogP contribution in [-0.4, -0.2) is 17.0 Å².